The van der Waals surface area contributed by atoms with Crippen LogP contribution in [0.5, 0.6) is 5.75 Å². The maximum absolute atomic E-state index is 13.9. The fourth-order valence-corrected chi connectivity index (χ4v) is 5.35. The number of hydrogen-bond donors (Lipinski definition) is 2. The number of nitrogens with zero attached hydrogens (tertiary/aromatic N) is 4. The lowest BCUT2D eigenvalue weighted by molar-refractivity contribution is 0.154. The van der Waals surface area contributed by atoms with Crippen molar-refractivity contribution in [1.29, 1.82) is 0 Å². The molecular weight excluding hydrogens is 479 g/mol. The molecule has 1 aromatic carbocycles. The average molecular weight is 505 g/mol. The van der Waals surface area contributed by atoms with E-state index in [1.807, 2.05) is 30.6 Å². The molecule has 2 N–H and O–H groups in total. The van der Waals surface area contributed by atoms with Crippen LogP contribution in [0.4, 0.5) is 4.39 Å². The Morgan fingerprint density at radius 3 is 2.58 bits per heavy atom. The fraction of sp³-hybridized carbons (Fsp3) is 0.200. The first-order valence-electron chi connectivity index (χ1n) is 12.9. The van der Waals surface area contributed by atoms with E-state index >= 15 is 0 Å². The van der Waals surface area contributed by atoms with Crippen molar-refractivity contribution in [2.75, 3.05) is 0 Å². The molecule has 5 heterocycles. The van der Waals surface area contributed by atoms with Crippen molar-refractivity contribution in [2.24, 2.45) is 0 Å². The highest BCUT2D eigenvalue weighted by Crippen LogP contribution is 2.35. The molecule has 6 aromatic rings. The Morgan fingerprint density at radius 1 is 0.816 bits per heavy atom. The van der Waals surface area contributed by atoms with Crippen LogP contribution in [0.1, 0.15) is 32.1 Å². The number of aromatic nitrogens is 6. The van der Waals surface area contributed by atoms with Gasteiger partial charge in [0.05, 0.1) is 35.4 Å². The highest BCUT2D eigenvalue weighted by molar-refractivity contribution is 6.00. The number of rotatable bonds is 5. The van der Waals surface area contributed by atoms with Crippen LogP contribution < -0.4 is 4.74 Å². The summed E-state index contributed by atoms with van der Waals surface area (Å²) in [6.07, 6.45) is 15.1. The summed E-state index contributed by atoms with van der Waals surface area (Å²) in [5.74, 6) is 0.506. The van der Waals surface area contributed by atoms with E-state index in [4.69, 9.17) is 4.74 Å². The van der Waals surface area contributed by atoms with Crippen molar-refractivity contribution in [3.05, 3.63) is 79.3 Å². The summed E-state index contributed by atoms with van der Waals surface area (Å²) in [7, 11) is 0. The Morgan fingerprint density at radius 2 is 1.68 bits per heavy atom. The van der Waals surface area contributed by atoms with Gasteiger partial charge in [-0.25, -0.2) is 9.37 Å². The first kappa shape index (κ1) is 22.6. The predicted molar refractivity (Wildman–Crippen MR) is 145 cm³/mol. The quantitative estimate of drug-likeness (QED) is 0.262. The van der Waals surface area contributed by atoms with E-state index in [1.165, 1.54) is 31.4 Å². The molecule has 38 heavy (non-hydrogen) atoms. The number of H-pyrrole nitrogens is 2. The van der Waals surface area contributed by atoms with Gasteiger partial charge in [0, 0.05) is 46.1 Å². The first-order valence-corrected chi connectivity index (χ1v) is 12.9. The van der Waals surface area contributed by atoms with Gasteiger partial charge in [0.1, 0.15) is 11.6 Å². The summed E-state index contributed by atoms with van der Waals surface area (Å²) < 4.78 is 20.2. The van der Waals surface area contributed by atoms with Crippen molar-refractivity contribution in [3.63, 3.8) is 0 Å². The van der Waals surface area contributed by atoms with Crippen LogP contribution in [-0.4, -0.2) is 36.2 Å². The van der Waals surface area contributed by atoms with E-state index in [9.17, 15) is 4.39 Å². The second-order valence-corrected chi connectivity index (χ2v) is 9.82. The van der Waals surface area contributed by atoms with Crippen LogP contribution >= 0.6 is 0 Å². The Labute approximate surface area is 218 Å². The maximum Gasteiger partial charge on any atom is 0.181 e. The Balaban J connectivity index is 1.26. The number of pyridine rings is 3. The minimum absolute atomic E-state index is 0.260. The van der Waals surface area contributed by atoms with Crippen molar-refractivity contribution in [2.45, 2.75) is 38.2 Å². The van der Waals surface area contributed by atoms with Gasteiger partial charge in [-0.05, 0) is 61.6 Å². The van der Waals surface area contributed by atoms with Gasteiger partial charge < -0.3 is 9.72 Å². The smallest absolute Gasteiger partial charge is 0.181 e. The van der Waals surface area contributed by atoms with Gasteiger partial charge in [0.2, 0.25) is 0 Å². The Kier molecular flexibility index (Phi) is 5.57. The van der Waals surface area contributed by atoms with Gasteiger partial charge in [-0.3, -0.25) is 15.1 Å². The van der Waals surface area contributed by atoms with Crippen LogP contribution in [0, 0.1) is 5.82 Å². The molecule has 5 aromatic heterocycles. The molecule has 0 bridgehead atoms. The lowest BCUT2D eigenvalue weighted by Crippen LogP contribution is -2.19. The van der Waals surface area contributed by atoms with Crippen LogP contribution in [0.15, 0.2) is 73.4 Å². The molecule has 0 spiro atoms. The van der Waals surface area contributed by atoms with Gasteiger partial charge in [0.25, 0.3) is 0 Å². The van der Waals surface area contributed by atoms with Gasteiger partial charge >= 0.3 is 0 Å². The SMILES string of the molecule is Fc1cccc(-c2cncc3[nH]c(-c4[nH]nc5ncc(-c6cncc(OC7CCCCC7)c6)cc45)cc23)c1. The summed E-state index contributed by atoms with van der Waals surface area (Å²) in [5, 5.41) is 9.40. The molecule has 188 valence electrons. The minimum atomic E-state index is -0.281. The lowest BCUT2D eigenvalue weighted by atomic mass is 9.98. The number of halogens is 1. The summed E-state index contributed by atoms with van der Waals surface area (Å²) in [5.41, 5.74) is 6.63. The van der Waals surface area contributed by atoms with E-state index in [2.05, 4.69) is 36.2 Å². The van der Waals surface area contributed by atoms with Crippen molar-refractivity contribution >= 4 is 21.9 Å². The molecular formula is C30H25FN6O. The van der Waals surface area contributed by atoms with E-state index in [0.29, 0.717) is 5.65 Å². The normalized spacial score (nSPS) is 14.3. The number of benzene rings is 1. The molecule has 0 aliphatic heterocycles. The van der Waals surface area contributed by atoms with E-state index in [1.54, 1.807) is 24.7 Å². The fourth-order valence-electron chi connectivity index (χ4n) is 5.35. The highest BCUT2D eigenvalue weighted by atomic mass is 19.1. The molecule has 1 aliphatic rings. The molecule has 0 radical (unpaired) electrons. The predicted octanol–water partition coefficient (Wildman–Crippen LogP) is 7.08. The zero-order valence-corrected chi connectivity index (χ0v) is 20.6. The van der Waals surface area contributed by atoms with E-state index in [-0.39, 0.29) is 11.9 Å². The summed E-state index contributed by atoms with van der Waals surface area (Å²) in [6.45, 7) is 0. The third-order valence-electron chi connectivity index (χ3n) is 7.26. The molecule has 1 saturated carbocycles. The third kappa shape index (κ3) is 4.18. The average Bonchev–Trinajstić information content (AvgIpc) is 3.57. The third-order valence-corrected chi connectivity index (χ3v) is 7.26. The zero-order chi connectivity index (χ0) is 25.5. The maximum atomic E-state index is 13.9. The molecule has 7 nitrogen and oxygen atoms in total. The number of fused-ring (bicyclic) bond motifs is 2. The van der Waals surface area contributed by atoms with Gasteiger partial charge in [-0.1, -0.05) is 18.6 Å². The lowest BCUT2D eigenvalue weighted by Gasteiger charge is -2.23. The molecule has 8 heteroatoms. The molecule has 7 rings (SSSR count). The van der Waals surface area contributed by atoms with Gasteiger partial charge in [-0.2, -0.15) is 5.10 Å². The Hall–Kier alpha value is -4.59. The van der Waals surface area contributed by atoms with Crippen LogP contribution in [0.25, 0.3) is 55.6 Å². The van der Waals surface area contributed by atoms with Crippen molar-refractivity contribution in [3.8, 4) is 39.4 Å². The molecule has 0 saturated heterocycles. The molecule has 0 atom stereocenters. The zero-order valence-electron chi connectivity index (χ0n) is 20.6. The second-order valence-electron chi connectivity index (χ2n) is 9.82. The molecule has 0 unspecified atom stereocenters. The largest absolute Gasteiger partial charge is 0.489 e. The van der Waals surface area contributed by atoms with Crippen LogP contribution in [0.2, 0.25) is 0 Å². The molecule has 0 amide bonds. The number of nitrogens with one attached hydrogen (secondary N) is 2. The second kappa shape index (κ2) is 9.37. The molecule has 1 aliphatic carbocycles. The minimum Gasteiger partial charge on any atom is -0.489 e. The summed E-state index contributed by atoms with van der Waals surface area (Å²) in [4.78, 5) is 16.8. The van der Waals surface area contributed by atoms with Crippen LogP contribution in [0.3, 0.4) is 0 Å². The molecule has 1 fully saturated rings. The highest BCUT2D eigenvalue weighted by Gasteiger charge is 2.17. The Bertz CT molecular complexity index is 1770. The van der Waals surface area contributed by atoms with Gasteiger partial charge in [0.15, 0.2) is 5.65 Å². The first-order chi connectivity index (χ1) is 18.7. The van der Waals surface area contributed by atoms with Crippen molar-refractivity contribution in [1.82, 2.24) is 30.1 Å². The summed E-state index contributed by atoms with van der Waals surface area (Å²) in [6, 6.07) is 12.7. The number of hydrogen-bond acceptors (Lipinski definition) is 5. The summed E-state index contributed by atoms with van der Waals surface area (Å²) >= 11 is 0. The standard InChI is InChI=1S/C30H25FN6O/c31-21-6-4-5-18(9-21)26-16-33-17-28-24(26)12-27(35-28)29-25-11-20(14-34-30(25)37-36-29)19-10-23(15-32-13-19)38-22-7-2-1-3-8-22/h4-6,9-17,22,35H,1-3,7-8H2,(H,34,36,37). The van der Waals surface area contributed by atoms with Crippen LogP contribution in [-0.2, 0) is 0 Å². The monoisotopic (exact) mass is 504 g/mol. The number of aromatic amines is 2. The topological polar surface area (TPSA) is 92.4 Å². The number of ether oxygens (including phenoxy) is 1. The van der Waals surface area contributed by atoms with E-state index < -0.39 is 0 Å². The van der Waals surface area contributed by atoms with E-state index in [0.717, 1.165) is 68.5 Å². The van der Waals surface area contributed by atoms with Crippen molar-refractivity contribution < 1.29 is 9.13 Å². The van der Waals surface area contributed by atoms with Gasteiger partial charge in [-0.15, -0.1) is 0 Å².